The fourth-order valence-corrected chi connectivity index (χ4v) is 16.3. The summed E-state index contributed by atoms with van der Waals surface area (Å²) in [4.78, 5) is 90.6. The Morgan fingerprint density at radius 2 is 0.929 bits per heavy atom. The van der Waals surface area contributed by atoms with Crippen molar-refractivity contribution >= 4 is 80.1 Å². The van der Waals surface area contributed by atoms with Crippen LogP contribution < -0.4 is 40.9 Å². The number of allylic oxidation sites excluding steroid dienone is 2. The number of aryl methyl sites for hydroxylation is 1. The van der Waals surface area contributed by atoms with Crippen molar-refractivity contribution in [1.82, 2.24) is 104 Å². The van der Waals surface area contributed by atoms with Crippen LogP contribution in [0.2, 0.25) is 0 Å². The molecule has 1 unspecified atom stereocenters. The standard InChI is InChI=1S/C21H20N6O.C21H25N5O2.C20H24N6O2.C18H22N8O2/c1-14-4-5-17-15(11-14)12-23-19(25-17)21(28)24-16-6-9-27(13-16)20-18-3-2-8-26(18)10-7-22-20;27-21(17-2-1-16(13-17)15-4-11-28-12-5-15)24-18-3-8-26(14-18)20-19-22-6-9-25(19)10-7-23-20;27-20(17-4-10-26(23-17)16-5-12-28-13-6-16)22-15-3-9-25(14-15)19-18-2-1-8-24(18)11-7-21-19;27-18(15-2-7-26(23-15)14-3-9-28-10-4-14)21-13-1-6-24(11-13)16-17-22-20-12-25(17)8-5-19-16/h2-5,7-8,10-12,16H,6,9,13H2,1H3,(H,24,28);1-2,6-7,9-10,13,15-16,18H,3-5,8,11-12,14H2,(H,24,27);1-2,4,7-8,10-11,15-16H,3,5-6,9,12-14H2,(H,22,27);2,5,7-8,12-14H,1,3-4,6,9-11H2,(H,21,27)/t16-;16?,18-;15-;13-/m0000/s1. The quantitative estimate of drug-likeness (QED) is 0.0793. The summed E-state index contributed by atoms with van der Waals surface area (Å²) < 4.78 is 28.0. The second-order valence-corrected chi connectivity index (χ2v) is 29.8. The third-order valence-corrected chi connectivity index (χ3v) is 22.3. The molecular formula is C80H91N25O7. The number of carbonyl (C=O) groups excluding carboxylic acids is 4. The van der Waals surface area contributed by atoms with Gasteiger partial charge in [0.05, 0.1) is 28.6 Å². The number of nitrogens with one attached hydrogen (secondary N) is 4. The topological polar surface area (TPSA) is 326 Å². The van der Waals surface area contributed by atoms with Gasteiger partial charge in [-0.15, -0.1) is 10.2 Å². The number of ether oxygens (including phenoxy) is 3. The van der Waals surface area contributed by atoms with Gasteiger partial charge in [-0.25, -0.2) is 34.9 Å². The average molecular weight is 1510 g/mol. The van der Waals surface area contributed by atoms with E-state index in [-0.39, 0.29) is 53.6 Å². The molecule has 12 aromatic rings. The lowest BCUT2D eigenvalue weighted by atomic mass is 9.87. The number of anilines is 4. The zero-order chi connectivity index (χ0) is 75.9. The molecule has 4 N–H and O–H groups in total. The number of benzene rings is 1. The van der Waals surface area contributed by atoms with Crippen LogP contribution in [0.3, 0.4) is 0 Å². The van der Waals surface area contributed by atoms with Gasteiger partial charge in [-0.1, -0.05) is 29.9 Å². The SMILES string of the molecule is Cc1ccc2nc(C(=O)N[C@H]3CCN(c4nccn5cccc45)C3)ncc2c1.O=C(N[C@H]1CCN(c2nccn3cccc23)C1)c1ccn(C2CCOCC2)n1.O=C(N[C@H]1CCN(c2nccn3ccnc23)C1)C1=CC(C2CCOCC2)C=C1.O=C(N[C@H]1CCN(c2nccn3cnnc23)C1)c1ccn(C2CCOCC2)n1. The summed E-state index contributed by atoms with van der Waals surface area (Å²) in [6.07, 6.45) is 45.4. The fourth-order valence-electron chi connectivity index (χ4n) is 16.3. The van der Waals surface area contributed by atoms with E-state index >= 15 is 0 Å². The van der Waals surface area contributed by atoms with Gasteiger partial charge in [-0.05, 0) is 131 Å². The Morgan fingerprint density at radius 3 is 1.48 bits per heavy atom. The number of carbonyl (C=O) groups is 4. The highest BCUT2D eigenvalue weighted by Crippen LogP contribution is 2.33. The molecule has 4 amide bonds. The number of amides is 4. The van der Waals surface area contributed by atoms with Crippen molar-refractivity contribution in [2.75, 3.05) is 112 Å². The molecular weight excluding hydrogens is 1420 g/mol. The van der Waals surface area contributed by atoms with Crippen molar-refractivity contribution in [1.29, 1.82) is 0 Å². The number of hydrogen-bond acceptors (Lipinski definition) is 22. The molecule has 32 nitrogen and oxygen atoms in total. The second-order valence-electron chi connectivity index (χ2n) is 29.8. The van der Waals surface area contributed by atoms with Gasteiger partial charge in [0.1, 0.15) is 17.7 Å². The van der Waals surface area contributed by atoms with Crippen molar-refractivity contribution in [2.24, 2.45) is 11.8 Å². The van der Waals surface area contributed by atoms with E-state index in [0.29, 0.717) is 41.9 Å². The fraction of sp³-hybridized carbons (Fsp3) is 0.412. The molecule has 0 saturated carbocycles. The highest BCUT2D eigenvalue weighted by atomic mass is 16.5. The van der Waals surface area contributed by atoms with E-state index in [1.807, 2.05) is 123 Å². The first-order valence-electron chi connectivity index (χ1n) is 39.0. The van der Waals surface area contributed by atoms with E-state index in [2.05, 4.69) is 129 Å². The lowest BCUT2D eigenvalue weighted by molar-refractivity contribution is -0.117. The number of fused-ring (bicyclic) bond motifs is 5. The first-order chi connectivity index (χ1) is 55.0. The molecule has 0 spiro atoms. The van der Waals surface area contributed by atoms with E-state index in [4.69, 9.17) is 14.2 Å². The Hall–Kier alpha value is -12.0. The molecule has 8 aliphatic rings. The summed E-state index contributed by atoms with van der Waals surface area (Å²) in [6, 6.07) is 18.6. The maximum Gasteiger partial charge on any atom is 0.289 e. The van der Waals surface area contributed by atoms with Gasteiger partial charge in [0.2, 0.25) is 11.5 Å². The van der Waals surface area contributed by atoms with Crippen molar-refractivity contribution < 1.29 is 33.4 Å². The number of rotatable bonds is 15. The van der Waals surface area contributed by atoms with Crippen molar-refractivity contribution in [3.8, 4) is 0 Å². The maximum atomic E-state index is 12.7. The normalized spacial score (nSPS) is 20.9. The molecule has 1 aliphatic carbocycles. The minimum absolute atomic E-state index is 0.0321. The third kappa shape index (κ3) is 16.4. The summed E-state index contributed by atoms with van der Waals surface area (Å²) >= 11 is 0. The lowest BCUT2D eigenvalue weighted by Gasteiger charge is -2.25. The Kier molecular flexibility index (Phi) is 21.6. The molecule has 0 bridgehead atoms. The molecule has 7 aliphatic heterocycles. The molecule has 18 heterocycles. The number of imidazole rings is 1. The van der Waals surface area contributed by atoms with Crippen LogP contribution in [0.15, 0.2) is 178 Å². The largest absolute Gasteiger partial charge is 0.381 e. The van der Waals surface area contributed by atoms with Gasteiger partial charge in [0.25, 0.3) is 23.6 Å². The van der Waals surface area contributed by atoms with Crippen molar-refractivity contribution in [3.63, 3.8) is 0 Å². The molecule has 112 heavy (non-hydrogen) atoms. The van der Waals surface area contributed by atoms with Crippen LogP contribution >= 0.6 is 0 Å². The molecule has 578 valence electrons. The summed E-state index contributed by atoms with van der Waals surface area (Å²) in [6.45, 7) is 13.0. The van der Waals surface area contributed by atoms with E-state index < -0.39 is 0 Å². The summed E-state index contributed by atoms with van der Waals surface area (Å²) in [5.74, 6) is 4.32. The molecule has 20 rings (SSSR count). The molecule has 0 radical (unpaired) electrons. The minimum Gasteiger partial charge on any atom is -0.381 e. The van der Waals surface area contributed by atoms with Crippen molar-refractivity contribution in [2.45, 2.75) is 107 Å². The highest BCUT2D eigenvalue weighted by Gasteiger charge is 2.34. The van der Waals surface area contributed by atoms with Crippen LogP contribution in [0, 0.1) is 18.8 Å². The summed E-state index contributed by atoms with van der Waals surface area (Å²) in [5, 5.41) is 30.5. The third-order valence-electron chi connectivity index (χ3n) is 22.3. The van der Waals surface area contributed by atoms with Crippen LogP contribution in [0.5, 0.6) is 0 Å². The van der Waals surface area contributed by atoms with Crippen LogP contribution in [0.4, 0.5) is 23.3 Å². The van der Waals surface area contributed by atoms with Gasteiger partial charge < -0.3 is 68.3 Å². The first-order valence-corrected chi connectivity index (χ1v) is 39.0. The predicted octanol–water partition coefficient (Wildman–Crippen LogP) is 7.13. The van der Waals surface area contributed by atoms with E-state index in [1.165, 1.54) is 0 Å². The Balaban J connectivity index is 0.000000108. The number of hydrogen-bond donors (Lipinski definition) is 4. The lowest BCUT2D eigenvalue weighted by Crippen LogP contribution is -2.38. The summed E-state index contributed by atoms with van der Waals surface area (Å²) in [5.41, 5.74) is 7.41. The smallest absolute Gasteiger partial charge is 0.289 e. The van der Waals surface area contributed by atoms with Gasteiger partial charge >= 0.3 is 0 Å². The minimum atomic E-state index is -0.233. The summed E-state index contributed by atoms with van der Waals surface area (Å²) in [7, 11) is 0. The van der Waals surface area contributed by atoms with E-state index in [0.717, 1.165) is 217 Å². The molecule has 11 aromatic heterocycles. The molecule has 1 aromatic carbocycles. The molecule has 7 fully saturated rings. The van der Waals surface area contributed by atoms with Gasteiger partial charge in [0, 0.05) is 220 Å². The Labute approximate surface area is 645 Å². The van der Waals surface area contributed by atoms with Crippen LogP contribution in [0.1, 0.15) is 113 Å². The van der Waals surface area contributed by atoms with E-state index in [9.17, 15) is 19.2 Å². The number of nitrogens with zero attached hydrogens (tertiary/aromatic N) is 21. The number of aromatic nitrogens is 17. The Bertz CT molecular complexity index is 5210. The predicted molar refractivity (Wildman–Crippen MR) is 418 cm³/mol. The van der Waals surface area contributed by atoms with Crippen LogP contribution in [-0.2, 0) is 19.0 Å². The Morgan fingerprint density at radius 1 is 0.455 bits per heavy atom. The molecule has 5 atom stereocenters. The average Bonchev–Trinajstić information content (AvgIpc) is 1.76. The molecule has 32 heteroatoms. The monoisotopic (exact) mass is 1510 g/mol. The first kappa shape index (κ1) is 72.8. The van der Waals surface area contributed by atoms with Crippen LogP contribution in [0.25, 0.3) is 33.2 Å². The van der Waals surface area contributed by atoms with Crippen molar-refractivity contribution in [3.05, 3.63) is 200 Å². The van der Waals surface area contributed by atoms with E-state index in [1.54, 1.807) is 49.4 Å². The second kappa shape index (κ2) is 33.3. The van der Waals surface area contributed by atoms with Gasteiger partial charge in [-0.3, -0.25) is 32.9 Å². The highest BCUT2D eigenvalue weighted by molar-refractivity contribution is 5.97. The molecule has 7 saturated heterocycles. The van der Waals surface area contributed by atoms with Crippen LogP contribution in [-0.4, -0.2) is 222 Å². The van der Waals surface area contributed by atoms with Gasteiger partial charge in [0.15, 0.2) is 28.9 Å². The zero-order valence-corrected chi connectivity index (χ0v) is 62.5. The maximum absolute atomic E-state index is 12.7. The van der Waals surface area contributed by atoms with Gasteiger partial charge in [-0.2, -0.15) is 10.2 Å². The zero-order valence-electron chi connectivity index (χ0n) is 62.5.